The zero-order chi connectivity index (χ0) is 12.6. The van der Waals surface area contributed by atoms with Gasteiger partial charge < -0.3 is 9.84 Å². The number of nitrogens with zero attached hydrogens (tertiary/aromatic N) is 1. The molecule has 0 saturated carbocycles. The number of aliphatic hydroxyl groups excluding tert-OH is 1. The first-order valence-electron chi connectivity index (χ1n) is 6.57. The molecular weight excluding hydrogens is 218 g/mol. The maximum atomic E-state index is 11.6. The summed E-state index contributed by atoms with van der Waals surface area (Å²) in [6.45, 7) is 4.03. The van der Waals surface area contributed by atoms with Crippen LogP contribution in [0, 0.1) is 5.92 Å². The molecule has 0 aromatic rings. The van der Waals surface area contributed by atoms with Crippen LogP contribution in [0.25, 0.3) is 0 Å². The maximum Gasteiger partial charge on any atom is 0.306 e. The van der Waals surface area contributed by atoms with Crippen LogP contribution in [0.3, 0.4) is 0 Å². The fraction of sp³-hybridized carbons (Fsp3) is 0.923. The van der Waals surface area contributed by atoms with Crippen LogP contribution < -0.4 is 0 Å². The number of carbonyl (C=O) groups is 1. The second-order valence-electron chi connectivity index (χ2n) is 5.87. The van der Waals surface area contributed by atoms with E-state index in [1.165, 1.54) is 0 Å². The molecule has 1 N–H and O–H groups in total. The van der Waals surface area contributed by atoms with E-state index >= 15 is 0 Å². The van der Waals surface area contributed by atoms with Gasteiger partial charge in [0.25, 0.3) is 0 Å². The van der Waals surface area contributed by atoms with Crippen molar-refractivity contribution in [2.45, 2.75) is 63.8 Å². The van der Waals surface area contributed by atoms with E-state index in [1.54, 1.807) is 0 Å². The Hall–Kier alpha value is -0.610. The SMILES string of the molecule is CC(C)CC(=O)OC1C[C@H]2CC(O)[C@@H](C1)N2C. The summed E-state index contributed by atoms with van der Waals surface area (Å²) in [5, 5.41) is 9.88. The van der Waals surface area contributed by atoms with E-state index in [0.29, 0.717) is 18.4 Å². The molecule has 2 fully saturated rings. The first-order valence-corrected chi connectivity index (χ1v) is 6.57. The second-order valence-corrected chi connectivity index (χ2v) is 5.87. The van der Waals surface area contributed by atoms with Crippen molar-refractivity contribution in [1.29, 1.82) is 0 Å². The number of hydrogen-bond donors (Lipinski definition) is 1. The summed E-state index contributed by atoms with van der Waals surface area (Å²) in [7, 11) is 2.05. The largest absolute Gasteiger partial charge is 0.462 e. The molecule has 2 rings (SSSR count). The molecule has 2 aliphatic heterocycles. The highest BCUT2D eigenvalue weighted by Gasteiger charge is 2.45. The molecule has 0 spiro atoms. The van der Waals surface area contributed by atoms with Crippen molar-refractivity contribution in [2.24, 2.45) is 5.92 Å². The molecule has 17 heavy (non-hydrogen) atoms. The van der Waals surface area contributed by atoms with Gasteiger partial charge in [0.1, 0.15) is 6.10 Å². The number of fused-ring (bicyclic) bond motifs is 2. The molecule has 4 heteroatoms. The minimum absolute atomic E-state index is 0.00426. The summed E-state index contributed by atoms with van der Waals surface area (Å²) >= 11 is 0. The zero-order valence-electron chi connectivity index (χ0n) is 10.9. The first kappa shape index (κ1) is 12.8. The number of aliphatic hydroxyl groups is 1. The van der Waals surface area contributed by atoms with Crippen LogP contribution in [0.2, 0.25) is 0 Å². The van der Waals surface area contributed by atoms with Crippen LogP contribution >= 0.6 is 0 Å². The van der Waals surface area contributed by atoms with Crippen molar-refractivity contribution in [3.05, 3.63) is 0 Å². The van der Waals surface area contributed by atoms with Gasteiger partial charge in [0.05, 0.1) is 6.10 Å². The third-order valence-corrected chi connectivity index (χ3v) is 3.97. The lowest BCUT2D eigenvalue weighted by Crippen LogP contribution is -2.45. The summed E-state index contributed by atoms with van der Waals surface area (Å²) < 4.78 is 5.50. The summed E-state index contributed by atoms with van der Waals surface area (Å²) in [4.78, 5) is 13.9. The van der Waals surface area contributed by atoms with Gasteiger partial charge in [-0.25, -0.2) is 0 Å². The average Bonchev–Trinajstić information content (AvgIpc) is 2.39. The second kappa shape index (κ2) is 4.94. The van der Waals surface area contributed by atoms with Crippen LogP contribution in [0.1, 0.15) is 39.5 Å². The Morgan fingerprint density at radius 2 is 2.12 bits per heavy atom. The Labute approximate surface area is 103 Å². The third kappa shape index (κ3) is 2.80. The predicted molar refractivity (Wildman–Crippen MR) is 64.5 cm³/mol. The Morgan fingerprint density at radius 1 is 1.41 bits per heavy atom. The van der Waals surface area contributed by atoms with Crippen LogP contribution in [0.4, 0.5) is 0 Å². The monoisotopic (exact) mass is 241 g/mol. The van der Waals surface area contributed by atoms with Gasteiger partial charge >= 0.3 is 5.97 Å². The van der Waals surface area contributed by atoms with Gasteiger partial charge in [-0.2, -0.15) is 0 Å². The van der Waals surface area contributed by atoms with Gasteiger partial charge in [0, 0.05) is 31.3 Å². The molecule has 0 amide bonds. The summed E-state index contributed by atoms with van der Waals surface area (Å²) in [6, 6.07) is 0.547. The molecule has 98 valence electrons. The van der Waals surface area contributed by atoms with Crippen LogP contribution in [0.15, 0.2) is 0 Å². The van der Waals surface area contributed by atoms with Crippen LogP contribution in [-0.4, -0.2) is 47.3 Å². The molecule has 4 nitrogen and oxygen atoms in total. The quantitative estimate of drug-likeness (QED) is 0.754. The van der Waals surface area contributed by atoms with E-state index in [-0.39, 0.29) is 24.2 Å². The number of carbonyl (C=O) groups excluding carboxylic acids is 1. The van der Waals surface area contributed by atoms with Crippen molar-refractivity contribution in [3.63, 3.8) is 0 Å². The van der Waals surface area contributed by atoms with E-state index in [1.807, 2.05) is 13.8 Å². The lowest BCUT2D eigenvalue weighted by atomic mass is 10.00. The standard InChI is InChI=1S/C13H23NO3/c1-8(2)4-13(16)17-10-5-9-6-12(15)11(7-10)14(9)3/h8-12,15H,4-7H2,1-3H3/t9-,10?,11+,12?/m0/s1. The minimum Gasteiger partial charge on any atom is -0.462 e. The molecule has 0 radical (unpaired) electrons. The number of esters is 1. The van der Waals surface area contributed by atoms with Crippen molar-refractivity contribution in [3.8, 4) is 0 Å². The zero-order valence-corrected chi connectivity index (χ0v) is 10.9. The molecule has 0 aliphatic carbocycles. The third-order valence-electron chi connectivity index (χ3n) is 3.97. The van der Waals surface area contributed by atoms with E-state index < -0.39 is 0 Å². The van der Waals surface area contributed by atoms with Gasteiger partial charge in [-0.3, -0.25) is 9.69 Å². The molecule has 0 aromatic heterocycles. The van der Waals surface area contributed by atoms with E-state index in [4.69, 9.17) is 4.74 Å². The Morgan fingerprint density at radius 3 is 2.71 bits per heavy atom. The summed E-state index contributed by atoms with van der Waals surface area (Å²) in [5.74, 6) is 0.250. The fourth-order valence-electron chi connectivity index (χ4n) is 3.06. The number of rotatable bonds is 3. The van der Waals surface area contributed by atoms with Gasteiger partial charge in [0.15, 0.2) is 0 Å². The predicted octanol–water partition coefficient (Wildman–Crippen LogP) is 1.17. The van der Waals surface area contributed by atoms with Gasteiger partial charge in [-0.15, -0.1) is 0 Å². The highest BCUT2D eigenvalue weighted by Crippen LogP contribution is 2.35. The topological polar surface area (TPSA) is 49.8 Å². The highest BCUT2D eigenvalue weighted by molar-refractivity contribution is 5.69. The molecule has 2 unspecified atom stereocenters. The lowest BCUT2D eigenvalue weighted by molar-refractivity contribution is -0.153. The van der Waals surface area contributed by atoms with Gasteiger partial charge in [0.2, 0.25) is 0 Å². The number of likely N-dealkylation sites (N-methyl/N-ethyl adjacent to an activating group) is 1. The maximum absolute atomic E-state index is 11.6. The summed E-state index contributed by atoms with van der Waals surface area (Å²) in [5.41, 5.74) is 0. The Kier molecular flexibility index (Phi) is 3.73. The van der Waals surface area contributed by atoms with Crippen molar-refractivity contribution >= 4 is 5.97 Å². The molecular formula is C13H23NO3. The van der Waals surface area contributed by atoms with E-state index in [2.05, 4.69) is 11.9 Å². The molecule has 2 aliphatic rings. The van der Waals surface area contributed by atoms with Gasteiger partial charge in [-0.1, -0.05) is 13.8 Å². The lowest BCUT2D eigenvalue weighted by Gasteiger charge is -2.36. The number of piperidine rings is 1. The highest BCUT2D eigenvalue weighted by atomic mass is 16.5. The molecule has 2 heterocycles. The van der Waals surface area contributed by atoms with Crippen molar-refractivity contribution in [1.82, 2.24) is 4.90 Å². The molecule has 0 aromatic carbocycles. The Bertz CT molecular complexity index is 292. The number of ether oxygens (including phenoxy) is 1. The van der Waals surface area contributed by atoms with Crippen LogP contribution in [-0.2, 0) is 9.53 Å². The molecule has 2 bridgehead atoms. The first-order chi connectivity index (χ1) is 7.97. The fourth-order valence-corrected chi connectivity index (χ4v) is 3.06. The molecule has 4 atom stereocenters. The summed E-state index contributed by atoms with van der Waals surface area (Å²) in [6.07, 6.45) is 2.71. The minimum atomic E-state index is -0.251. The Balaban J connectivity index is 1.87. The smallest absolute Gasteiger partial charge is 0.306 e. The molecule has 2 saturated heterocycles. The van der Waals surface area contributed by atoms with E-state index in [0.717, 1.165) is 19.3 Å². The normalized spacial score (nSPS) is 37.5. The van der Waals surface area contributed by atoms with Crippen molar-refractivity contribution in [2.75, 3.05) is 7.05 Å². The van der Waals surface area contributed by atoms with Crippen molar-refractivity contribution < 1.29 is 14.6 Å². The van der Waals surface area contributed by atoms with Crippen LogP contribution in [0.5, 0.6) is 0 Å². The average molecular weight is 241 g/mol. The van der Waals surface area contributed by atoms with E-state index in [9.17, 15) is 9.90 Å². The van der Waals surface area contributed by atoms with Gasteiger partial charge in [-0.05, 0) is 19.4 Å². The number of hydrogen-bond acceptors (Lipinski definition) is 4.